The van der Waals surface area contributed by atoms with Crippen molar-refractivity contribution in [1.29, 1.82) is 0 Å². The van der Waals surface area contributed by atoms with Gasteiger partial charge in [-0.05, 0) is 54.3 Å². The molecule has 2 aromatic rings. The van der Waals surface area contributed by atoms with Gasteiger partial charge in [0.2, 0.25) is 0 Å². The van der Waals surface area contributed by atoms with Crippen molar-refractivity contribution in [3.05, 3.63) is 53.1 Å². The maximum absolute atomic E-state index is 12.9. The summed E-state index contributed by atoms with van der Waals surface area (Å²) in [6, 6.07) is 10.8. The Morgan fingerprint density at radius 1 is 1.00 bits per heavy atom. The lowest BCUT2D eigenvalue weighted by Gasteiger charge is -2.37. The van der Waals surface area contributed by atoms with Crippen LogP contribution in [-0.2, 0) is 20.7 Å². The molecule has 0 bridgehead atoms. The maximum atomic E-state index is 12.9. The van der Waals surface area contributed by atoms with E-state index in [4.69, 9.17) is 18.9 Å². The zero-order valence-electron chi connectivity index (χ0n) is 17.1. The quantitative estimate of drug-likeness (QED) is 0.569. The number of benzene rings is 2. The molecule has 1 atom stereocenters. The predicted octanol–water partition coefficient (Wildman–Crippen LogP) is 2.75. The van der Waals surface area contributed by atoms with Crippen molar-refractivity contribution < 1.29 is 28.5 Å². The van der Waals surface area contributed by atoms with Gasteiger partial charge in [0.25, 0.3) is 0 Å². The van der Waals surface area contributed by atoms with Gasteiger partial charge >= 0.3 is 11.9 Å². The Hall–Kier alpha value is -3.22. The highest BCUT2D eigenvalue weighted by atomic mass is 16.5. The van der Waals surface area contributed by atoms with Crippen LogP contribution >= 0.6 is 0 Å². The third-order valence-electron chi connectivity index (χ3n) is 5.02. The van der Waals surface area contributed by atoms with Gasteiger partial charge in [0.15, 0.2) is 11.5 Å². The summed E-state index contributed by atoms with van der Waals surface area (Å²) in [6.45, 7) is 2.21. The molecule has 0 aromatic heterocycles. The van der Waals surface area contributed by atoms with Gasteiger partial charge in [0, 0.05) is 6.54 Å². The zero-order valence-corrected chi connectivity index (χ0v) is 17.1. The standard InChI is InChI=1S/C22H25NO6/c1-5-29-22(25)21(24)23-11-10-15-12-18(27-3)19(28-4)13-17(15)20(23)14-6-8-16(26-2)9-7-14/h6-9,12-13,20H,5,10-11H2,1-4H3. The van der Waals surface area contributed by atoms with Crippen LogP contribution in [-0.4, -0.2) is 51.3 Å². The van der Waals surface area contributed by atoms with Crippen LogP contribution < -0.4 is 14.2 Å². The molecule has 0 aliphatic carbocycles. The van der Waals surface area contributed by atoms with E-state index in [9.17, 15) is 9.59 Å². The Bertz CT molecular complexity index is 893. The Labute approximate surface area is 170 Å². The Balaban J connectivity index is 2.11. The van der Waals surface area contributed by atoms with Gasteiger partial charge in [0.05, 0.1) is 34.0 Å². The molecular weight excluding hydrogens is 374 g/mol. The molecule has 0 saturated heterocycles. The summed E-state index contributed by atoms with van der Waals surface area (Å²) in [5.74, 6) is 0.392. The molecule has 0 spiro atoms. The number of rotatable bonds is 5. The van der Waals surface area contributed by atoms with E-state index in [0.29, 0.717) is 30.2 Å². The van der Waals surface area contributed by atoms with Gasteiger partial charge in [-0.15, -0.1) is 0 Å². The summed E-state index contributed by atoms with van der Waals surface area (Å²) in [4.78, 5) is 26.6. The molecule has 1 aliphatic rings. The second kappa shape index (κ2) is 8.86. The number of ether oxygens (including phenoxy) is 4. The molecule has 1 amide bonds. The van der Waals surface area contributed by atoms with Gasteiger partial charge in [-0.3, -0.25) is 4.79 Å². The largest absolute Gasteiger partial charge is 0.497 e. The molecule has 29 heavy (non-hydrogen) atoms. The number of carbonyl (C=O) groups is 2. The fourth-order valence-corrected chi connectivity index (χ4v) is 3.62. The van der Waals surface area contributed by atoms with E-state index in [1.54, 1.807) is 33.2 Å². The second-order valence-electron chi connectivity index (χ2n) is 6.55. The smallest absolute Gasteiger partial charge is 0.397 e. The van der Waals surface area contributed by atoms with Crippen LogP contribution in [0.4, 0.5) is 0 Å². The van der Waals surface area contributed by atoms with E-state index >= 15 is 0 Å². The first kappa shape index (κ1) is 20.5. The van der Waals surface area contributed by atoms with Crippen molar-refractivity contribution in [1.82, 2.24) is 4.90 Å². The number of nitrogens with zero attached hydrogens (tertiary/aromatic N) is 1. The van der Waals surface area contributed by atoms with E-state index in [1.807, 2.05) is 36.4 Å². The molecule has 1 heterocycles. The van der Waals surface area contributed by atoms with Gasteiger partial charge in [-0.1, -0.05) is 12.1 Å². The summed E-state index contributed by atoms with van der Waals surface area (Å²) in [5.41, 5.74) is 2.78. The van der Waals surface area contributed by atoms with Crippen LogP contribution in [0.2, 0.25) is 0 Å². The normalized spacial score (nSPS) is 15.3. The fourth-order valence-electron chi connectivity index (χ4n) is 3.62. The molecular formula is C22H25NO6. The minimum absolute atomic E-state index is 0.146. The number of carbonyl (C=O) groups excluding carboxylic acids is 2. The third-order valence-corrected chi connectivity index (χ3v) is 5.02. The molecule has 2 aromatic carbocycles. The van der Waals surface area contributed by atoms with Crippen LogP contribution in [0.3, 0.4) is 0 Å². The maximum Gasteiger partial charge on any atom is 0.397 e. The lowest BCUT2D eigenvalue weighted by Crippen LogP contribution is -2.44. The summed E-state index contributed by atoms with van der Waals surface area (Å²) in [6.07, 6.45) is 0.591. The Morgan fingerprint density at radius 2 is 1.66 bits per heavy atom. The summed E-state index contributed by atoms with van der Waals surface area (Å²) >= 11 is 0. The van der Waals surface area contributed by atoms with Crippen molar-refractivity contribution in [3.8, 4) is 17.2 Å². The number of methoxy groups -OCH3 is 3. The topological polar surface area (TPSA) is 74.3 Å². The number of esters is 1. The Kier molecular flexibility index (Phi) is 6.26. The monoisotopic (exact) mass is 399 g/mol. The molecule has 3 rings (SSSR count). The van der Waals surface area contributed by atoms with Crippen molar-refractivity contribution in [2.75, 3.05) is 34.5 Å². The van der Waals surface area contributed by atoms with Gasteiger partial charge in [0.1, 0.15) is 5.75 Å². The minimum Gasteiger partial charge on any atom is -0.497 e. The van der Waals surface area contributed by atoms with Crippen molar-refractivity contribution in [2.24, 2.45) is 0 Å². The van der Waals surface area contributed by atoms with E-state index < -0.39 is 17.9 Å². The first-order valence-electron chi connectivity index (χ1n) is 9.40. The highest BCUT2D eigenvalue weighted by Gasteiger charge is 2.36. The zero-order chi connectivity index (χ0) is 21.0. The molecule has 0 saturated carbocycles. The van der Waals surface area contributed by atoms with Crippen molar-refractivity contribution in [3.63, 3.8) is 0 Å². The highest BCUT2D eigenvalue weighted by Crippen LogP contribution is 2.41. The molecule has 0 radical (unpaired) electrons. The van der Waals surface area contributed by atoms with Crippen molar-refractivity contribution >= 4 is 11.9 Å². The van der Waals surface area contributed by atoms with Gasteiger partial charge in [-0.25, -0.2) is 4.79 Å². The second-order valence-corrected chi connectivity index (χ2v) is 6.55. The van der Waals surface area contributed by atoms with Crippen LogP contribution in [0.5, 0.6) is 17.2 Å². The van der Waals surface area contributed by atoms with E-state index in [2.05, 4.69) is 0 Å². The van der Waals surface area contributed by atoms with Crippen LogP contribution in [0, 0.1) is 0 Å². The Morgan fingerprint density at radius 3 is 2.24 bits per heavy atom. The molecule has 0 fully saturated rings. The van der Waals surface area contributed by atoms with E-state index in [0.717, 1.165) is 16.7 Å². The molecule has 1 aliphatic heterocycles. The number of hydrogen-bond donors (Lipinski definition) is 0. The summed E-state index contributed by atoms with van der Waals surface area (Å²) < 4.78 is 21.1. The average Bonchev–Trinajstić information content (AvgIpc) is 2.76. The molecule has 7 heteroatoms. The number of fused-ring (bicyclic) bond motifs is 1. The fraction of sp³-hybridized carbons (Fsp3) is 0.364. The molecule has 0 N–H and O–H groups in total. The van der Waals surface area contributed by atoms with Gasteiger partial charge < -0.3 is 23.8 Å². The SMILES string of the molecule is CCOC(=O)C(=O)N1CCc2cc(OC)c(OC)cc2C1c1ccc(OC)cc1. The van der Waals surface area contributed by atoms with Crippen LogP contribution in [0.1, 0.15) is 29.7 Å². The summed E-state index contributed by atoms with van der Waals surface area (Å²) in [7, 11) is 4.75. The first-order valence-corrected chi connectivity index (χ1v) is 9.40. The average molecular weight is 399 g/mol. The lowest BCUT2D eigenvalue weighted by atomic mass is 9.87. The molecule has 154 valence electrons. The minimum atomic E-state index is -0.852. The number of hydrogen-bond acceptors (Lipinski definition) is 6. The van der Waals surface area contributed by atoms with E-state index in [1.165, 1.54) is 0 Å². The third kappa shape index (κ3) is 3.99. The molecule has 7 nitrogen and oxygen atoms in total. The highest BCUT2D eigenvalue weighted by molar-refractivity contribution is 6.32. The van der Waals surface area contributed by atoms with E-state index in [-0.39, 0.29) is 6.61 Å². The van der Waals surface area contributed by atoms with Crippen LogP contribution in [0.25, 0.3) is 0 Å². The first-order chi connectivity index (χ1) is 14.0. The summed E-state index contributed by atoms with van der Waals surface area (Å²) in [5, 5.41) is 0. The number of amides is 1. The lowest BCUT2D eigenvalue weighted by molar-refractivity contribution is -0.161. The van der Waals surface area contributed by atoms with Gasteiger partial charge in [-0.2, -0.15) is 0 Å². The van der Waals surface area contributed by atoms with Crippen LogP contribution in [0.15, 0.2) is 36.4 Å². The molecule has 1 unspecified atom stereocenters. The van der Waals surface area contributed by atoms with Crippen molar-refractivity contribution in [2.45, 2.75) is 19.4 Å². The predicted molar refractivity (Wildman–Crippen MR) is 106 cm³/mol.